The Hall–Kier alpha value is -2.43. The van der Waals surface area contributed by atoms with E-state index < -0.39 is 29.6 Å². The number of fused-ring (bicyclic) bond motifs is 1. The van der Waals surface area contributed by atoms with Gasteiger partial charge < -0.3 is 9.72 Å². The summed E-state index contributed by atoms with van der Waals surface area (Å²) in [4.78, 5) is 39.8. The van der Waals surface area contributed by atoms with Gasteiger partial charge in [-0.15, -0.1) is 0 Å². The van der Waals surface area contributed by atoms with Crippen molar-refractivity contribution >= 4 is 28.4 Å². The maximum atomic E-state index is 12.5. The summed E-state index contributed by atoms with van der Waals surface area (Å²) in [5.41, 5.74) is 1.71. The summed E-state index contributed by atoms with van der Waals surface area (Å²) in [5.74, 6) is -2.54. The highest BCUT2D eigenvalue weighted by molar-refractivity contribution is 6.22. The summed E-state index contributed by atoms with van der Waals surface area (Å²) >= 11 is 0. The highest BCUT2D eigenvalue weighted by Crippen LogP contribution is 2.26. The number of rotatable bonds is 5. The van der Waals surface area contributed by atoms with Crippen molar-refractivity contribution in [2.75, 3.05) is 0 Å². The van der Waals surface area contributed by atoms with Gasteiger partial charge in [0.05, 0.1) is 0 Å². The Balaban J connectivity index is 1.78. The molecule has 0 radical (unpaired) electrons. The first-order valence-corrected chi connectivity index (χ1v) is 7.79. The number of ketones is 2. The number of ether oxygens (including phenoxy) is 1. The number of carbonyl (C=O) groups excluding carboxylic acids is 3. The van der Waals surface area contributed by atoms with E-state index in [0.29, 0.717) is 6.42 Å². The van der Waals surface area contributed by atoms with E-state index in [2.05, 4.69) is 4.98 Å². The van der Waals surface area contributed by atoms with Crippen LogP contribution < -0.4 is 0 Å². The molecular formula is C18H19NO4. The minimum atomic E-state index is -1.27. The van der Waals surface area contributed by atoms with Crippen molar-refractivity contribution in [3.8, 4) is 0 Å². The van der Waals surface area contributed by atoms with E-state index in [9.17, 15) is 14.4 Å². The van der Waals surface area contributed by atoms with Gasteiger partial charge in [0.1, 0.15) is 0 Å². The lowest BCUT2D eigenvalue weighted by molar-refractivity contribution is -0.147. The van der Waals surface area contributed by atoms with Crippen LogP contribution in [0.4, 0.5) is 0 Å². The van der Waals surface area contributed by atoms with Crippen LogP contribution in [0.5, 0.6) is 0 Å². The number of hydrogen-bond donors (Lipinski definition) is 1. The molecule has 5 heteroatoms. The van der Waals surface area contributed by atoms with E-state index >= 15 is 0 Å². The Morgan fingerprint density at radius 1 is 1.26 bits per heavy atom. The number of esters is 1. The van der Waals surface area contributed by atoms with Gasteiger partial charge in [-0.1, -0.05) is 32.0 Å². The van der Waals surface area contributed by atoms with Gasteiger partial charge >= 0.3 is 5.97 Å². The predicted molar refractivity (Wildman–Crippen MR) is 84.8 cm³/mol. The fraction of sp³-hybridized carbons (Fsp3) is 0.389. The molecule has 0 saturated carbocycles. The number of para-hydroxylation sites is 1. The second kappa shape index (κ2) is 5.99. The highest BCUT2D eigenvalue weighted by Gasteiger charge is 2.47. The third-order valence-electron chi connectivity index (χ3n) is 4.14. The monoisotopic (exact) mass is 313 g/mol. The molecule has 120 valence electrons. The van der Waals surface area contributed by atoms with Crippen molar-refractivity contribution in [1.29, 1.82) is 0 Å². The van der Waals surface area contributed by atoms with Gasteiger partial charge in [-0.2, -0.15) is 0 Å². The van der Waals surface area contributed by atoms with E-state index in [-0.39, 0.29) is 12.3 Å². The van der Waals surface area contributed by atoms with Crippen LogP contribution in [-0.4, -0.2) is 28.6 Å². The minimum Gasteiger partial charge on any atom is -0.453 e. The summed E-state index contributed by atoms with van der Waals surface area (Å²) in [6.07, 6.45) is 1.48. The van der Waals surface area contributed by atoms with Gasteiger partial charge in [-0.05, 0) is 24.0 Å². The maximum Gasteiger partial charge on any atom is 0.325 e. The average Bonchev–Trinajstić information content (AvgIpc) is 3.01. The summed E-state index contributed by atoms with van der Waals surface area (Å²) in [6, 6.07) is 7.61. The molecule has 3 rings (SSSR count). The molecule has 23 heavy (non-hydrogen) atoms. The maximum absolute atomic E-state index is 12.5. The zero-order chi connectivity index (χ0) is 16.6. The third kappa shape index (κ3) is 2.91. The first-order valence-electron chi connectivity index (χ1n) is 7.79. The fourth-order valence-electron chi connectivity index (χ4n) is 3.02. The van der Waals surface area contributed by atoms with Crippen LogP contribution in [0.25, 0.3) is 10.9 Å². The van der Waals surface area contributed by atoms with Crippen LogP contribution >= 0.6 is 0 Å². The van der Waals surface area contributed by atoms with E-state index in [0.717, 1.165) is 16.5 Å². The number of H-pyrrole nitrogens is 1. The van der Waals surface area contributed by atoms with E-state index in [1.54, 1.807) is 6.20 Å². The van der Waals surface area contributed by atoms with Crippen molar-refractivity contribution in [2.24, 2.45) is 11.8 Å². The van der Waals surface area contributed by atoms with Crippen LogP contribution in [0.2, 0.25) is 0 Å². The Morgan fingerprint density at radius 3 is 2.74 bits per heavy atom. The highest BCUT2D eigenvalue weighted by atomic mass is 16.6. The number of hydrogen-bond acceptors (Lipinski definition) is 4. The van der Waals surface area contributed by atoms with Crippen LogP contribution in [0.1, 0.15) is 25.8 Å². The zero-order valence-electron chi connectivity index (χ0n) is 13.2. The van der Waals surface area contributed by atoms with Gasteiger partial charge in [-0.3, -0.25) is 14.4 Å². The molecule has 1 aromatic carbocycles. The topological polar surface area (TPSA) is 76.2 Å². The summed E-state index contributed by atoms with van der Waals surface area (Å²) < 4.78 is 5.11. The predicted octanol–water partition coefficient (Wildman–Crippen LogP) is 2.44. The number of aromatic amines is 1. The molecule has 0 amide bonds. The number of benzene rings is 1. The largest absolute Gasteiger partial charge is 0.453 e. The number of carbonyl (C=O) groups is 3. The van der Waals surface area contributed by atoms with Gasteiger partial charge in [0.2, 0.25) is 0 Å². The fourth-order valence-corrected chi connectivity index (χ4v) is 3.02. The van der Waals surface area contributed by atoms with E-state index in [4.69, 9.17) is 4.74 Å². The molecule has 0 spiro atoms. The third-order valence-corrected chi connectivity index (χ3v) is 4.14. The second-order valence-electron chi connectivity index (χ2n) is 6.39. The summed E-state index contributed by atoms with van der Waals surface area (Å²) in [6.45, 7) is 3.89. The van der Waals surface area contributed by atoms with Crippen molar-refractivity contribution in [1.82, 2.24) is 4.98 Å². The van der Waals surface area contributed by atoms with Crippen molar-refractivity contribution in [3.05, 3.63) is 36.0 Å². The SMILES string of the molecule is CC(C)CC1OC(=O)C(C(=O)Cc2c[nH]c3ccccc23)C1=O. The van der Waals surface area contributed by atoms with Gasteiger partial charge in [-0.25, -0.2) is 0 Å². The average molecular weight is 313 g/mol. The van der Waals surface area contributed by atoms with Crippen LogP contribution in [0.3, 0.4) is 0 Å². The molecule has 1 aromatic heterocycles. The summed E-state index contributed by atoms with van der Waals surface area (Å²) in [7, 11) is 0. The van der Waals surface area contributed by atoms with Crippen molar-refractivity contribution in [3.63, 3.8) is 0 Å². The Bertz CT molecular complexity index is 774. The molecule has 1 N–H and O–H groups in total. The second-order valence-corrected chi connectivity index (χ2v) is 6.39. The molecule has 2 unspecified atom stereocenters. The Morgan fingerprint density at radius 2 is 2.00 bits per heavy atom. The molecule has 2 atom stereocenters. The minimum absolute atomic E-state index is 0.0456. The van der Waals surface area contributed by atoms with E-state index in [1.165, 1.54) is 0 Å². The number of cyclic esters (lactones) is 1. The lowest BCUT2D eigenvalue weighted by Crippen LogP contribution is -2.29. The molecule has 1 fully saturated rings. The number of aromatic nitrogens is 1. The van der Waals surface area contributed by atoms with E-state index in [1.807, 2.05) is 38.1 Å². The van der Waals surface area contributed by atoms with Gasteiger partial charge in [0.25, 0.3) is 0 Å². The van der Waals surface area contributed by atoms with Gasteiger partial charge in [0.15, 0.2) is 23.6 Å². The molecule has 1 saturated heterocycles. The normalized spacial score (nSPS) is 21.2. The lowest BCUT2D eigenvalue weighted by atomic mass is 9.91. The molecule has 1 aliphatic rings. The van der Waals surface area contributed by atoms with Crippen LogP contribution in [0.15, 0.2) is 30.5 Å². The first-order chi connectivity index (χ1) is 11.0. The Kier molecular flexibility index (Phi) is 4.03. The smallest absolute Gasteiger partial charge is 0.325 e. The van der Waals surface area contributed by atoms with Crippen LogP contribution in [-0.2, 0) is 25.5 Å². The zero-order valence-corrected chi connectivity index (χ0v) is 13.2. The molecule has 5 nitrogen and oxygen atoms in total. The quantitative estimate of drug-likeness (QED) is 0.679. The first kappa shape index (κ1) is 15.5. The Labute approximate surface area is 134 Å². The standard InChI is InChI=1S/C18H19NO4/c1-10(2)7-15-17(21)16(18(22)23-15)14(20)8-11-9-19-13-6-4-3-5-12(11)13/h3-6,9-10,15-16,19H,7-8H2,1-2H3. The molecule has 2 heterocycles. The molecule has 2 aromatic rings. The van der Waals surface area contributed by atoms with Crippen molar-refractivity contribution < 1.29 is 19.1 Å². The van der Waals surface area contributed by atoms with Crippen LogP contribution in [0, 0.1) is 11.8 Å². The molecular weight excluding hydrogens is 294 g/mol. The lowest BCUT2D eigenvalue weighted by Gasteiger charge is -2.09. The molecule has 1 aliphatic heterocycles. The molecule has 0 aliphatic carbocycles. The summed E-state index contributed by atoms with van der Waals surface area (Å²) in [5, 5.41) is 0.929. The van der Waals surface area contributed by atoms with Gasteiger partial charge in [0, 0.05) is 23.5 Å². The number of Topliss-reactive ketones (excluding diaryl/α,β-unsaturated/α-hetero) is 2. The van der Waals surface area contributed by atoms with Crippen molar-refractivity contribution in [2.45, 2.75) is 32.8 Å². The number of nitrogens with one attached hydrogen (secondary N) is 1. The molecule has 0 bridgehead atoms.